The lowest BCUT2D eigenvalue weighted by Gasteiger charge is -2.36. The van der Waals surface area contributed by atoms with Crippen LogP contribution in [0.4, 0.5) is 10.1 Å². The zero-order valence-electron chi connectivity index (χ0n) is 17.8. The van der Waals surface area contributed by atoms with E-state index in [1.807, 2.05) is 23.1 Å². The van der Waals surface area contributed by atoms with Crippen LogP contribution >= 0.6 is 11.6 Å². The summed E-state index contributed by atoms with van der Waals surface area (Å²) in [7, 11) is 1.58. The Morgan fingerprint density at radius 2 is 1.69 bits per heavy atom. The second-order valence-corrected chi connectivity index (χ2v) is 7.88. The first-order valence-electron chi connectivity index (χ1n) is 10.4. The molecule has 0 radical (unpaired) electrons. The van der Waals surface area contributed by atoms with Gasteiger partial charge in [0.1, 0.15) is 23.9 Å². The lowest BCUT2D eigenvalue weighted by atomic mass is 10.1. The molecule has 0 spiro atoms. The molecule has 0 N–H and O–H groups in total. The Balaban J connectivity index is 1.44. The second kappa shape index (κ2) is 9.92. The fourth-order valence-electron chi connectivity index (χ4n) is 3.78. The Kier molecular flexibility index (Phi) is 6.81. The number of amides is 1. The fraction of sp³-hybridized carbons (Fsp3) is 0.240. The van der Waals surface area contributed by atoms with Crippen molar-refractivity contribution in [3.63, 3.8) is 0 Å². The van der Waals surface area contributed by atoms with Crippen LogP contribution in [0.5, 0.6) is 11.5 Å². The van der Waals surface area contributed by atoms with Gasteiger partial charge in [0, 0.05) is 37.3 Å². The maximum Gasteiger partial charge on any atom is 0.253 e. The number of nitrogens with zero attached hydrogens (tertiary/aromatic N) is 2. The van der Waals surface area contributed by atoms with Gasteiger partial charge in [0.15, 0.2) is 0 Å². The number of benzene rings is 3. The van der Waals surface area contributed by atoms with Gasteiger partial charge in [-0.2, -0.15) is 0 Å². The third-order valence-electron chi connectivity index (χ3n) is 5.51. The third kappa shape index (κ3) is 4.81. The van der Waals surface area contributed by atoms with Crippen LogP contribution in [0.1, 0.15) is 15.9 Å². The van der Waals surface area contributed by atoms with Crippen molar-refractivity contribution in [3.05, 3.63) is 88.7 Å². The van der Waals surface area contributed by atoms with Gasteiger partial charge in [-0.3, -0.25) is 4.79 Å². The smallest absolute Gasteiger partial charge is 0.253 e. The first kappa shape index (κ1) is 22.0. The number of rotatable bonds is 6. The molecule has 1 heterocycles. The minimum atomic E-state index is -0.245. The van der Waals surface area contributed by atoms with E-state index in [-0.39, 0.29) is 18.3 Å². The third-order valence-corrected chi connectivity index (χ3v) is 5.82. The van der Waals surface area contributed by atoms with E-state index in [1.54, 1.807) is 54.5 Å². The van der Waals surface area contributed by atoms with Crippen molar-refractivity contribution in [1.82, 2.24) is 4.90 Å². The topological polar surface area (TPSA) is 42.0 Å². The van der Waals surface area contributed by atoms with Gasteiger partial charge < -0.3 is 19.3 Å². The van der Waals surface area contributed by atoms with E-state index < -0.39 is 0 Å². The maximum absolute atomic E-state index is 14.1. The number of hydrogen-bond donors (Lipinski definition) is 0. The van der Waals surface area contributed by atoms with E-state index in [4.69, 9.17) is 21.1 Å². The highest BCUT2D eigenvalue weighted by molar-refractivity contribution is 6.32. The van der Waals surface area contributed by atoms with Gasteiger partial charge in [-0.25, -0.2) is 4.39 Å². The van der Waals surface area contributed by atoms with E-state index in [0.29, 0.717) is 54.0 Å². The summed E-state index contributed by atoms with van der Waals surface area (Å²) in [5.41, 5.74) is 1.88. The minimum absolute atomic E-state index is 0.0696. The molecule has 1 aliphatic heterocycles. The van der Waals surface area contributed by atoms with Crippen molar-refractivity contribution in [2.24, 2.45) is 0 Å². The predicted molar refractivity (Wildman–Crippen MR) is 123 cm³/mol. The molecule has 166 valence electrons. The highest BCUT2D eigenvalue weighted by atomic mass is 35.5. The van der Waals surface area contributed by atoms with Crippen LogP contribution in [-0.4, -0.2) is 44.1 Å². The summed E-state index contributed by atoms with van der Waals surface area (Å²) in [5.74, 6) is 0.889. The number of halogens is 2. The molecule has 32 heavy (non-hydrogen) atoms. The molecule has 0 bridgehead atoms. The highest BCUT2D eigenvalue weighted by Crippen LogP contribution is 2.27. The summed E-state index contributed by atoms with van der Waals surface area (Å²) in [5, 5.41) is 0.520. The Hall–Kier alpha value is -3.25. The summed E-state index contributed by atoms with van der Waals surface area (Å²) in [6, 6.07) is 19.3. The molecule has 0 saturated carbocycles. The van der Waals surface area contributed by atoms with E-state index in [9.17, 15) is 9.18 Å². The maximum atomic E-state index is 14.1. The summed E-state index contributed by atoms with van der Waals surface area (Å²) >= 11 is 6.17. The zero-order chi connectivity index (χ0) is 22.5. The van der Waals surface area contributed by atoms with Crippen LogP contribution in [0.3, 0.4) is 0 Å². The molecule has 0 atom stereocenters. The van der Waals surface area contributed by atoms with Crippen LogP contribution in [0, 0.1) is 5.82 Å². The summed E-state index contributed by atoms with van der Waals surface area (Å²) in [6.45, 7) is 2.40. The number of anilines is 1. The zero-order valence-corrected chi connectivity index (χ0v) is 18.5. The number of hydrogen-bond acceptors (Lipinski definition) is 4. The Morgan fingerprint density at radius 1 is 0.969 bits per heavy atom. The number of methoxy groups -OCH3 is 1. The number of piperazine rings is 1. The van der Waals surface area contributed by atoms with E-state index in [2.05, 4.69) is 0 Å². The van der Waals surface area contributed by atoms with Crippen molar-refractivity contribution < 1.29 is 18.7 Å². The van der Waals surface area contributed by atoms with E-state index >= 15 is 0 Å². The van der Waals surface area contributed by atoms with Gasteiger partial charge in [0.25, 0.3) is 5.91 Å². The molecule has 1 aliphatic rings. The standard InChI is InChI=1S/C25H24ClFN2O3/c1-31-23-11-10-18(16-19(23)17-32-24-9-5-2-6-20(24)26)25(30)29-14-12-28(13-15-29)22-8-4-3-7-21(22)27/h2-11,16H,12-15,17H2,1H3. The first-order valence-corrected chi connectivity index (χ1v) is 10.8. The normalized spacial score (nSPS) is 13.7. The molecule has 0 unspecified atom stereocenters. The van der Waals surface area contributed by atoms with Gasteiger partial charge in [0.2, 0.25) is 0 Å². The van der Waals surface area contributed by atoms with Crippen LogP contribution < -0.4 is 14.4 Å². The average Bonchev–Trinajstić information content (AvgIpc) is 2.83. The molecule has 1 amide bonds. The second-order valence-electron chi connectivity index (χ2n) is 7.48. The van der Waals surface area contributed by atoms with Crippen molar-refractivity contribution in [3.8, 4) is 11.5 Å². The number of para-hydroxylation sites is 2. The van der Waals surface area contributed by atoms with E-state index in [0.717, 1.165) is 5.56 Å². The Morgan fingerprint density at radius 3 is 2.41 bits per heavy atom. The highest BCUT2D eigenvalue weighted by Gasteiger charge is 2.24. The molecule has 3 aromatic rings. The molecule has 7 heteroatoms. The Labute approximate surface area is 191 Å². The van der Waals surface area contributed by atoms with E-state index in [1.165, 1.54) is 6.07 Å². The monoisotopic (exact) mass is 454 g/mol. The average molecular weight is 455 g/mol. The number of carbonyl (C=O) groups excluding carboxylic acids is 1. The molecule has 1 saturated heterocycles. The number of ether oxygens (including phenoxy) is 2. The largest absolute Gasteiger partial charge is 0.496 e. The quantitative estimate of drug-likeness (QED) is 0.524. The number of carbonyl (C=O) groups is 1. The van der Waals surface area contributed by atoms with Crippen LogP contribution in [-0.2, 0) is 6.61 Å². The van der Waals surface area contributed by atoms with Crippen LogP contribution in [0.2, 0.25) is 5.02 Å². The SMILES string of the molecule is COc1ccc(C(=O)N2CCN(c3ccccc3F)CC2)cc1COc1ccccc1Cl. The van der Waals surface area contributed by atoms with Gasteiger partial charge in [-0.15, -0.1) is 0 Å². The van der Waals surface area contributed by atoms with Crippen molar-refractivity contribution in [1.29, 1.82) is 0 Å². The van der Waals surface area contributed by atoms with Gasteiger partial charge in [-0.05, 0) is 42.5 Å². The summed E-state index contributed by atoms with van der Waals surface area (Å²) < 4.78 is 25.4. The van der Waals surface area contributed by atoms with Crippen LogP contribution in [0.15, 0.2) is 66.7 Å². The lowest BCUT2D eigenvalue weighted by Crippen LogP contribution is -2.49. The molecule has 1 fully saturated rings. The van der Waals surface area contributed by atoms with Crippen molar-refractivity contribution in [2.75, 3.05) is 38.2 Å². The molecule has 0 aliphatic carbocycles. The molecular weight excluding hydrogens is 431 g/mol. The minimum Gasteiger partial charge on any atom is -0.496 e. The molecule has 5 nitrogen and oxygen atoms in total. The van der Waals surface area contributed by atoms with Gasteiger partial charge >= 0.3 is 0 Å². The molecular formula is C25H24ClFN2O3. The Bertz CT molecular complexity index is 1100. The lowest BCUT2D eigenvalue weighted by molar-refractivity contribution is 0.0746. The first-order chi connectivity index (χ1) is 15.6. The predicted octanol–water partition coefficient (Wildman–Crippen LogP) is 5.03. The summed E-state index contributed by atoms with van der Waals surface area (Å²) in [6.07, 6.45) is 0. The van der Waals surface area contributed by atoms with Gasteiger partial charge in [0.05, 0.1) is 17.8 Å². The fourth-order valence-corrected chi connectivity index (χ4v) is 3.97. The molecule has 0 aromatic heterocycles. The molecule has 3 aromatic carbocycles. The van der Waals surface area contributed by atoms with Crippen molar-refractivity contribution >= 4 is 23.2 Å². The molecule has 4 rings (SSSR count). The van der Waals surface area contributed by atoms with Crippen LogP contribution in [0.25, 0.3) is 0 Å². The van der Waals surface area contributed by atoms with Gasteiger partial charge in [-0.1, -0.05) is 35.9 Å². The van der Waals surface area contributed by atoms with Crippen molar-refractivity contribution in [2.45, 2.75) is 6.61 Å². The summed E-state index contributed by atoms with van der Waals surface area (Å²) in [4.78, 5) is 16.9.